The number of nitrogens with zero attached hydrogens (tertiary/aromatic N) is 1. The van der Waals surface area contributed by atoms with Gasteiger partial charge >= 0.3 is 0 Å². The third kappa shape index (κ3) is 1.95. The molecule has 1 spiro atoms. The predicted octanol–water partition coefficient (Wildman–Crippen LogP) is 3.04. The molecule has 0 radical (unpaired) electrons. The summed E-state index contributed by atoms with van der Waals surface area (Å²) in [5.41, 5.74) is -0.154. The van der Waals surface area contributed by atoms with Crippen LogP contribution in [-0.2, 0) is 9.59 Å². The number of halogens is 1. The molecule has 0 aromatic heterocycles. The minimum Gasteiger partial charge on any atom is -0.274 e. The van der Waals surface area contributed by atoms with Gasteiger partial charge < -0.3 is 0 Å². The molecule has 1 heterocycles. The maximum Gasteiger partial charge on any atom is 0.240 e. The Balaban J connectivity index is 1.95. The van der Waals surface area contributed by atoms with Gasteiger partial charge in [-0.1, -0.05) is 25.3 Å². The van der Waals surface area contributed by atoms with Crippen LogP contribution in [0.4, 0.5) is 10.1 Å². The van der Waals surface area contributed by atoms with Crippen molar-refractivity contribution in [1.82, 2.24) is 0 Å². The van der Waals surface area contributed by atoms with Crippen molar-refractivity contribution < 1.29 is 14.0 Å². The van der Waals surface area contributed by atoms with Crippen LogP contribution in [0, 0.1) is 11.2 Å². The highest BCUT2D eigenvalue weighted by Crippen LogP contribution is 2.46. The van der Waals surface area contributed by atoms with Crippen LogP contribution in [-0.4, -0.2) is 11.8 Å². The largest absolute Gasteiger partial charge is 0.274 e. The minimum atomic E-state index is -0.512. The summed E-state index contributed by atoms with van der Waals surface area (Å²) in [5.74, 6) is -0.761. The van der Waals surface area contributed by atoms with Crippen LogP contribution >= 0.6 is 0 Å². The fourth-order valence-electron chi connectivity index (χ4n) is 3.29. The van der Waals surface area contributed by atoms with E-state index in [9.17, 15) is 14.0 Å². The van der Waals surface area contributed by atoms with Gasteiger partial charge in [-0.05, 0) is 31.0 Å². The molecule has 3 rings (SSSR count). The van der Waals surface area contributed by atoms with Crippen molar-refractivity contribution in [3.8, 4) is 0 Å². The van der Waals surface area contributed by atoms with Crippen molar-refractivity contribution in [1.29, 1.82) is 0 Å². The third-order valence-electron chi connectivity index (χ3n) is 4.27. The predicted molar refractivity (Wildman–Crippen MR) is 69.0 cm³/mol. The summed E-state index contributed by atoms with van der Waals surface area (Å²) in [4.78, 5) is 25.9. The second-order valence-electron chi connectivity index (χ2n) is 5.53. The Morgan fingerprint density at radius 2 is 1.84 bits per heavy atom. The summed E-state index contributed by atoms with van der Waals surface area (Å²) in [5, 5.41) is 0. The highest BCUT2D eigenvalue weighted by molar-refractivity contribution is 6.22. The molecule has 2 fully saturated rings. The lowest BCUT2D eigenvalue weighted by atomic mass is 9.73. The fraction of sp³-hybridized carbons (Fsp3) is 0.467. The van der Waals surface area contributed by atoms with Crippen LogP contribution in [0.25, 0.3) is 0 Å². The number of carbonyl (C=O) groups is 2. The van der Waals surface area contributed by atoms with Crippen molar-refractivity contribution in [2.24, 2.45) is 5.41 Å². The van der Waals surface area contributed by atoms with Gasteiger partial charge in [-0.25, -0.2) is 9.29 Å². The van der Waals surface area contributed by atoms with E-state index < -0.39 is 11.2 Å². The smallest absolute Gasteiger partial charge is 0.240 e. The molecule has 4 heteroatoms. The molecule has 100 valence electrons. The van der Waals surface area contributed by atoms with Gasteiger partial charge in [0.05, 0.1) is 11.1 Å². The van der Waals surface area contributed by atoms with Crippen LogP contribution in [0.2, 0.25) is 0 Å². The topological polar surface area (TPSA) is 37.4 Å². The maximum atomic E-state index is 13.3. The van der Waals surface area contributed by atoms with Crippen molar-refractivity contribution >= 4 is 17.5 Å². The first-order chi connectivity index (χ1) is 9.12. The molecule has 2 amide bonds. The maximum absolute atomic E-state index is 13.3. The molecular formula is C15H16FNO2. The molecule has 19 heavy (non-hydrogen) atoms. The van der Waals surface area contributed by atoms with Crippen LogP contribution in [0.5, 0.6) is 0 Å². The molecule has 1 aromatic rings. The van der Waals surface area contributed by atoms with Gasteiger partial charge in [-0.15, -0.1) is 0 Å². The molecule has 0 N–H and O–H groups in total. The molecule has 0 bridgehead atoms. The summed E-state index contributed by atoms with van der Waals surface area (Å²) in [7, 11) is 0. The number of hydrogen-bond acceptors (Lipinski definition) is 2. The molecule has 2 aliphatic rings. The van der Waals surface area contributed by atoms with Gasteiger partial charge in [-0.3, -0.25) is 9.59 Å². The van der Waals surface area contributed by atoms with E-state index in [1.165, 1.54) is 23.1 Å². The molecule has 0 atom stereocenters. The first kappa shape index (κ1) is 12.3. The number of hydrogen-bond donors (Lipinski definition) is 0. The SMILES string of the molecule is O=C1CC2(CCCCC2)C(=O)N1c1cccc(F)c1. The zero-order chi connectivity index (χ0) is 13.5. The Bertz CT molecular complexity index is 535. The van der Waals surface area contributed by atoms with E-state index in [1.54, 1.807) is 6.07 Å². The van der Waals surface area contributed by atoms with Crippen molar-refractivity contribution in [2.75, 3.05) is 4.90 Å². The highest BCUT2D eigenvalue weighted by Gasteiger charge is 2.51. The van der Waals surface area contributed by atoms with Crippen molar-refractivity contribution in [2.45, 2.75) is 38.5 Å². The highest BCUT2D eigenvalue weighted by atomic mass is 19.1. The Morgan fingerprint density at radius 3 is 2.53 bits per heavy atom. The van der Waals surface area contributed by atoms with Crippen LogP contribution in [0.15, 0.2) is 24.3 Å². The second-order valence-corrected chi connectivity index (χ2v) is 5.53. The number of amides is 2. The second kappa shape index (κ2) is 4.44. The molecule has 1 saturated heterocycles. The lowest BCUT2D eigenvalue weighted by Gasteiger charge is -2.30. The number of benzene rings is 1. The summed E-state index contributed by atoms with van der Waals surface area (Å²) in [6.45, 7) is 0. The van der Waals surface area contributed by atoms with Gasteiger partial charge in [0.25, 0.3) is 0 Å². The van der Waals surface area contributed by atoms with Gasteiger partial charge in [-0.2, -0.15) is 0 Å². The lowest BCUT2D eigenvalue weighted by molar-refractivity contribution is -0.127. The van der Waals surface area contributed by atoms with E-state index in [0.717, 1.165) is 32.1 Å². The van der Waals surface area contributed by atoms with E-state index in [2.05, 4.69) is 0 Å². The van der Waals surface area contributed by atoms with Crippen molar-refractivity contribution in [3.63, 3.8) is 0 Å². The monoisotopic (exact) mass is 261 g/mol. The normalized spacial score (nSPS) is 22.3. The zero-order valence-corrected chi connectivity index (χ0v) is 10.7. The molecule has 1 aliphatic carbocycles. The molecule has 1 aromatic carbocycles. The Labute approximate surface area is 111 Å². The number of rotatable bonds is 1. The quantitative estimate of drug-likeness (QED) is 0.729. The summed E-state index contributed by atoms with van der Waals surface area (Å²) < 4.78 is 13.3. The molecule has 1 aliphatic heterocycles. The van der Waals surface area contributed by atoms with E-state index in [4.69, 9.17) is 0 Å². The Hall–Kier alpha value is -1.71. The lowest BCUT2D eigenvalue weighted by Crippen LogP contribution is -2.37. The van der Waals surface area contributed by atoms with Crippen LogP contribution in [0.3, 0.4) is 0 Å². The number of imide groups is 1. The number of anilines is 1. The van der Waals surface area contributed by atoms with Crippen LogP contribution in [0.1, 0.15) is 38.5 Å². The van der Waals surface area contributed by atoms with Gasteiger partial charge in [0.1, 0.15) is 5.82 Å². The zero-order valence-electron chi connectivity index (χ0n) is 10.7. The van der Waals surface area contributed by atoms with E-state index in [1.807, 2.05) is 0 Å². The first-order valence-electron chi connectivity index (χ1n) is 6.75. The van der Waals surface area contributed by atoms with Gasteiger partial charge in [0, 0.05) is 6.42 Å². The molecule has 3 nitrogen and oxygen atoms in total. The van der Waals surface area contributed by atoms with Crippen LogP contribution < -0.4 is 4.90 Å². The van der Waals surface area contributed by atoms with Gasteiger partial charge in [0.15, 0.2) is 0 Å². The molecular weight excluding hydrogens is 245 g/mol. The Morgan fingerprint density at radius 1 is 1.11 bits per heavy atom. The van der Waals surface area contributed by atoms with Gasteiger partial charge in [0.2, 0.25) is 11.8 Å². The Kier molecular flexibility index (Phi) is 2.88. The number of carbonyl (C=O) groups excluding carboxylic acids is 2. The molecule has 0 unspecified atom stereocenters. The first-order valence-corrected chi connectivity index (χ1v) is 6.75. The van der Waals surface area contributed by atoms with E-state index in [0.29, 0.717) is 5.69 Å². The molecule has 1 saturated carbocycles. The average Bonchev–Trinajstić information content (AvgIpc) is 2.62. The minimum absolute atomic E-state index is 0.136. The fourth-order valence-corrected chi connectivity index (χ4v) is 3.29. The van der Waals surface area contributed by atoms with E-state index in [-0.39, 0.29) is 18.2 Å². The van der Waals surface area contributed by atoms with E-state index >= 15 is 0 Å². The van der Waals surface area contributed by atoms with Crippen molar-refractivity contribution in [3.05, 3.63) is 30.1 Å². The standard InChI is InChI=1S/C15H16FNO2/c16-11-5-4-6-12(9-11)17-13(18)10-15(14(17)19)7-2-1-3-8-15/h4-6,9H,1-3,7-8,10H2. The summed E-state index contributed by atoms with van der Waals surface area (Å²) in [6.07, 6.45) is 4.96. The summed E-state index contributed by atoms with van der Waals surface area (Å²) in [6, 6.07) is 5.69. The summed E-state index contributed by atoms with van der Waals surface area (Å²) >= 11 is 0. The average molecular weight is 261 g/mol. The third-order valence-corrected chi connectivity index (χ3v) is 4.27.